The summed E-state index contributed by atoms with van der Waals surface area (Å²) in [4.78, 5) is 36.2. The van der Waals surface area contributed by atoms with Crippen LogP contribution in [0.4, 0.5) is 11.4 Å². The lowest BCUT2D eigenvalue weighted by molar-refractivity contribution is -0.119. The van der Waals surface area contributed by atoms with Crippen molar-refractivity contribution in [2.45, 2.75) is 19.0 Å². The highest BCUT2D eigenvalue weighted by Crippen LogP contribution is 2.45. The first-order chi connectivity index (χ1) is 18.3. The molecule has 3 aromatic rings. The Morgan fingerprint density at radius 2 is 1.47 bits per heavy atom. The molecule has 198 valence electrons. The number of esters is 2. The van der Waals surface area contributed by atoms with Crippen LogP contribution in [0.25, 0.3) is 0 Å². The lowest BCUT2D eigenvalue weighted by atomic mass is 9.78. The van der Waals surface area contributed by atoms with Gasteiger partial charge in [-0.15, -0.1) is 0 Å². The molecule has 0 spiro atoms. The lowest BCUT2D eigenvalue weighted by Crippen LogP contribution is -2.42. The van der Waals surface area contributed by atoms with E-state index >= 15 is 0 Å². The van der Waals surface area contributed by atoms with Gasteiger partial charge in [0.05, 0.1) is 44.5 Å². The van der Waals surface area contributed by atoms with E-state index in [1.165, 1.54) is 21.1 Å². The fraction of sp³-hybridized carbons (Fsp3) is 0.276. The van der Waals surface area contributed by atoms with Gasteiger partial charge >= 0.3 is 11.9 Å². The lowest BCUT2D eigenvalue weighted by Gasteiger charge is -2.42. The van der Waals surface area contributed by atoms with Crippen molar-refractivity contribution in [2.75, 3.05) is 38.5 Å². The predicted molar refractivity (Wildman–Crippen MR) is 143 cm³/mol. The molecule has 9 heteroatoms. The summed E-state index contributed by atoms with van der Waals surface area (Å²) in [6.45, 7) is 1.84. The molecule has 0 bridgehead atoms. The second-order valence-corrected chi connectivity index (χ2v) is 8.98. The van der Waals surface area contributed by atoms with Crippen molar-refractivity contribution in [3.63, 3.8) is 0 Å². The van der Waals surface area contributed by atoms with Crippen molar-refractivity contribution in [2.24, 2.45) is 5.92 Å². The average Bonchev–Trinajstić information content (AvgIpc) is 2.95. The molecule has 1 aliphatic rings. The van der Waals surface area contributed by atoms with E-state index in [0.717, 1.165) is 28.3 Å². The highest BCUT2D eigenvalue weighted by Gasteiger charge is 2.38. The van der Waals surface area contributed by atoms with Gasteiger partial charge in [-0.1, -0.05) is 12.1 Å². The van der Waals surface area contributed by atoms with Gasteiger partial charge in [0.1, 0.15) is 5.75 Å². The van der Waals surface area contributed by atoms with Crippen LogP contribution >= 0.6 is 0 Å². The maximum absolute atomic E-state index is 12.4. The SMILES string of the molecule is COC(=O)c1ccc(N[C@H]2c3cc(C(=O)OC)ccc3N[C@H](c3ccc(OC)cc3)[C@@H]2CNC(C)=O)cc1. The van der Waals surface area contributed by atoms with Gasteiger partial charge in [0.15, 0.2) is 0 Å². The number of ether oxygens (including phenoxy) is 3. The van der Waals surface area contributed by atoms with E-state index in [9.17, 15) is 14.4 Å². The largest absolute Gasteiger partial charge is 0.497 e. The fourth-order valence-electron chi connectivity index (χ4n) is 4.72. The molecule has 3 N–H and O–H groups in total. The number of fused-ring (bicyclic) bond motifs is 1. The maximum atomic E-state index is 12.4. The summed E-state index contributed by atoms with van der Waals surface area (Å²) in [6, 6.07) is 19.6. The van der Waals surface area contributed by atoms with Crippen LogP contribution < -0.4 is 20.7 Å². The zero-order valence-corrected chi connectivity index (χ0v) is 21.7. The first kappa shape index (κ1) is 26.5. The van der Waals surface area contributed by atoms with Crippen LogP contribution in [0.3, 0.4) is 0 Å². The Labute approximate surface area is 221 Å². The van der Waals surface area contributed by atoms with Crippen LogP contribution in [0.5, 0.6) is 5.75 Å². The number of benzene rings is 3. The molecule has 0 unspecified atom stereocenters. The molecular formula is C29H31N3O6. The van der Waals surface area contributed by atoms with Gasteiger partial charge in [0.25, 0.3) is 0 Å². The summed E-state index contributed by atoms with van der Waals surface area (Å²) in [5.41, 5.74) is 4.33. The molecule has 0 saturated carbocycles. The zero-order chi connectivity index (χ0) is 27.2. The van der Waals surface area contributed by atoms with Gasteiger partial charge < -0.3 is 30.2 Å². The molecular weight excluding hydrogens is 486 g/mol. The molecule has 1 amide bonds. The van der Waals surface area contributed by atoms with Crippen LogP contribution in [0.1, 0.15) is 50.9 Å². The molecule has 3 atom stereocenters. The highest BCUT2D eigenvalue weighted by atomic mass is 16.5. The minimum atomic E-state index is -0.440. The minimum absolute atomic E-state index is 0.145. The monoisotopic (exact) mass is 517 g/mol. The minimum Gasteiger partial charge on any atom is -0.497 e. The molecule has 0 saturated heterocycles. The second kappa shape index (κ2) is 11.7. The van der Waals surface area contributed by atoms with Gasteiger partial charge in [-0.2, -0.15) is 0 Å². The van der Waals surface area contributed by atoms with Crippen LogP contribution in [-0.2, 0) is 14.3 Å². The zero-order valence-electron chi connectivity index (χ0n) is 21.7. The van der Waals surface area contributed by atoms with E-state index in [1.54, 1.807) is 43.5 Å². The van der Waals surface area contributed by atoms with Crippen LogP contribution in [0.2, 0.25) is 0 Å². The molecule has 1 heterocycles. The van der Waals surface area contributed by atoms with Crippen LogP contribution in [-0.4, -0.2) is 45.7 Å². The summed E-state index contributed by atoms with van der Waals surface area (Å²) in [5.74, 6) is -0.438. The van der Waals surface area contributed by atoms with E-state index in [0.29, 0.717) is 17.7 Å². The van der Waals surface area contributed by atoms with E-state index in [1.807, 2.05) is 30.3 Å². The van der Waals surface area contributed by atoms with Crippen molar-refractivity contribution in [1.82, 2.24) is 5.32 Å². The van der Waals surface area contributed by atoms with Gasteiger partial charge in [0, 0.05) is 30.8 Å². The summed E-state index contributed by atoms with van der Waals surface area (Å²) in [6.07, 6.45) is 0. The number of hydrogen-bond acceptors (Lipinski definition) is 8. The molecule has 4 rings (SSSR count). The predicted octanol–water partition coefficient (Wildman–Crippen LogP) is 4.34. The van der Waals surface area contributed by atoms with E-state index < -0.39 is 11.9 Å². The smallest absolute Gasteiger partial charge is 0.337 e. The van der Waals surface area contributed by atoms with Crippen molar-refractivity contribution in [1.29, 1.82) is 0 Å². The molecule has 1 aliphatic heterocycles. The number of carbonyl (C=O) groups is 3. The highest BCUT2D eigenvalue weighted by molar-refractivity contribution is 5.91. The normalized spacial score (nSPS) is 17.8. The van der Waals surface area contributed by atoms with Gasteiger partial charge in [-0.3, -0.25) is 4.79 Å². The van der Waals surface area contributed by atoms with Gasteiger partial charge in [0.2, 0.25) is 5.91 Å². The molecule has 38 heavy (non-hydrogen) atoms. The Bertz CT molecular complexity index is 1310. The summed E-state index contributed by atoms with van der Waals surface area (Å²) >= 11 is 0. The van der Waals surface area contributed by atoms with E-state index in [2.05, 4.69) is 16.0 Å². The Morgan fingerprint density at radius 3 is 2.08 bits per heavy atom. The number of carbonyl (C=O) groups excluding carboxylic acids is 3. The fourth-order valence-corrected chi connectivity index (χ4v) is 4.72. The van der Waals surface area contributed by atoms with Crippen molar-refractivity contribution < 1.29 is 28.6 Å². The molecule has 0 aromatic heterocycles. The first-order valence-electron chi connectivity index (χ1n) is 12.2. The van der Waals surface area contributed by atoms with Gasteiger partial charge in [-0.25, -0.2) is 9.59 Å². The quantitative estimate of drug-likeness (QED) is 0.378. The Hall–Kier alpha value is -4.53. The van der Waals surface area contributed by atoms with Crippen LogP contribution in [0, 0.1) is 5.92 Å². The van der Waals surface area contributed by atoms with E-state index in [-0.39, 0.29) is 23.9 Å². The number of nitrogens with one attached hydrogen (secondary N) is 3. The summed E-state index contributed by atoms with van der Waals surface area (Å²) in [5, 5.41) is 10.2. The number of anilines is 2. The summed E-state index contributed by atoms with van der Waals surface area (Å²) in [7, 11) is 4.30. The van der Waals surface area contributed by atoms with E-state index in [4.69, 9.17) is 14.2 Å². The summed E-state index contributed by atoms with van der Waals surface area (Å²) < 4.78 is 15.1. The van der Waals surface area contributed by atoms with Crippen molar-refractivity contribution in [3.05, 3.63) is 89.0 Å². The molecule has 0 radical (unpaired) electrons. The van der Waals surface area contributed by atoms with Crippen molar-refractivity contribution >= 4 is 29.2 Å². The number of rotatable bonds is 8. The van der Waals surface area contributed by atoms with Crippen LogP contribution in [0.15, 0.2) is 66.7 Å². The number of methoxy groups -OCH3 is 3. The molecule has 0 aliphatic carbocycles. The number of amides is 1. The molecule has 9 nitrogen and oxygen atoms in total. The third kappa shape index (κ3) is 5.72. The Kier molecular flexibility index (Phi) is 8.15. The molecule has 0 fully saturated rings. The topological polar surface area (TPSA) is 115 Å². The maximum Gasteiger partial charge on any atom is 0.337 e. The third-order valence-electron chi connectivity index (χ3n) is 6.66. The third-order valence-corrected chi connectivity index (χ3v) is 6.66. The standard InChI is InChI=1S/C29H31N3O6/c1-17(33)30-16-24-26(18-7-12-22(36-2)13-8-18)32-25-14-9-20(29(35)38-4)15-23(25)27(24)31-21-10-5-19(6-11-21)28(34)37-3/h5-15,24,26-27,31-32H,16H2,1-4H3,(H,30,33)/t24-,26+,27-/m0/s1. The molecule has 3 aromatic carbocycles. The van der Waals surface area contributed by atoms with Crippen molar-refractivity contribution in [3.8, 4) is 5.75 Å². The first-order valence-corrected chi connectivity index (χ1v) is 12.2. The van der Waals surface area contributed by atoms with Gasteiger partial charge in [-0.05, 0) is 65.7 Å². The Balaban J connectivity index is 1.80. The second-order valence-electron chi connectivity index (χ2n) is 8.98. The number of hydrogen-bond donors (Lipinski definition) is 3. The average molecular weight is 518 g/mol. The Morgan fingerprint density at radius 1 is 0.842 bits per heavy atom.